The lowest BCUT2D eigenvalue weighted by atomic mass is 10.0. The number of benzene rings is 2. The Morgan fingerprint density at radius 3 is 1.74 bits per heavy atom. The molecule has 19 heavy (non-hydrogen) atoms. The van der Waals surface area contributed by atoms with Crippen molar-refractivity contribution >= 4 is 23.2 Å². The number of hydrogen-bond donors (Lipinski definition) is 1. The molecule has 0 aliphatic carbocycles. The van der Waals surface area contributed by atoms with Crippen molar-refractivity contribution in [2.45, 2.75) is 0 Å². The molecule has 3 rings (SSSR count). The summed E-state index contributed by atoms with van der Waals surface area (Å²) in [6, 6.07) is 17.7. The van der Waals surface area contributed by atoms with Gasteiger partial charge in [-0.3, -0.25) is 0 Å². The van der Waals surface area contributed by atoms with Crippen molar-refractivity contribution in [3.8, 4) is 22.4 Å². The first kappa shape index (κ1) is 12.3. The molecule has 0 bridgehead atoms. The predicted molar refractivity (Wildman–Crippen MR) is 81.7 cm³/mol. The largest absolute Gasteiger partial charge is 0.361 e. The van der Waals surface area contributed by atoms with Crippen molar-refractivity contribution in [1.82, 2.24) is 4.98 Å². The van der Waals surface area contributed by atoms with Crippen LogP contribution in [0.25, 0.3) is 22.4 Å². The van der Waals surface area contributed by atoms with Crippen LogP contribution < -0.4 is 0 Å². The van der Waals surface area contributed by atoms with Gasteiger partial charge in [-0.05, 0) is 41.5 Å². The second kappa shape index (κ2) is 5.12. The molecule has 0 saturated heterocycles. The number of hydrogen-bond acceptors (Lipinski definition) is 0. The molecule has 0 amide bonds. The van der Waals surface area contributed by atoms with Gasteiger partial charge in [0.25, 0.3) is 0 Å². The highest BCUT2D eigenvalue weighted by Crippen LogP contribution is 2.32. The summed E-state index contributed by atoms with van der Waals surface area (Å²) in [7, 11) is 0. The van der Waals surface area contributed by atoms with Crippen LogP contribution in [0.15, 0.2) is 60.8 Å². The monoisotopic (exact) mass is 287 g/mol. The fourth-order valence-corrected chi connectivity index (χ4v) is 2.35. The number of nitrogens with one attached hydrogen (secondary N) is 1. The summed E-state index contributed by atoms with van der Waals surface area (Å²) >= 11 is 11.8. The van der Waals surface area contributed by atoms with E-state index in [1.54, 1.807) is 0 Å². The van der Waals surface area contributed by atoms with Gasteiger partial charge in [-0.25, -0.2) is 0 Å². The zero-order chi connectivity index (χ0) is 13.2. The number of aromatic nitrogens is 1. The van der Waals surface area contributed by atoms with Crippen molar-refractivity contribution in [3.63, 3.8) is 0 Å². The second-order valence-electron chi connectivity index (χ2n) is 4.28. The molecule has 3 heteroatoms. The number of aromatic amines is 1. The molecule has 1 aromatic heterocycles. The Kier molecular flexibility index (Phi) is 3.33. The summed E-state index contributed by atoms with van der Waals surface area (Å²) in [5.41, 5.74) is 4.48. The molecule has 94 valence electrons. The van der Waals surface area contributed by atoms with E-state index < -0.39 is 0 Å². The Labute approximate surface area is 121 Å². The van der Waals surface area contributed by atoms with Crippen LogP contribution in [0.2, 0.25) is 10.0 Å². The van der Waals surface area contributed by atoms with Crippen LogP contribution in [0.1, 0.15) is 0 Å². The number of halogens is 2. The van der Waals surface area contributed by atoms with Crippen LogP contribution in [0.5, 0.6) is 0 Å². The molecule has 0 radical (unpaired) electrons. The van der Waals surface area contributed by atoms with E-state index in [0.717, 1.165) is 32.4 Å². The SMILES string of the molecule is Clc1ccc(-c2cc[nH]c2-c2ccc(Cl)cc2)cc1. The lowest BCUT2D eigenvalue weighted by Crippen LogP contribution is -1.82. The van der Waals surface area contributed by atoms with Gasteiger partial charge in [0, 0.05) is 21.8 Å². The minimum atomic E-state index is 0.739. The van der Waals surface area contributed by atoms with Crippen LogP contribution >= 0.6 is 23.2 Å². The van der Waals surface area contributed by atoms with Gasteiger partial charge < -0.3 is 4.98 Å². The third-order valence-corrected chi connectivity index (χ3v) is 3.54. The predicted octanol–water partition coefficient (Wildman–Crippen LogP) is 5.66. The standard InChI is InChI=1S/C16H11Cl2N/c17-13-5-1-11(2-6-13)15-9-10-19-16(15)12-3-7-14(18)8-4-12/h1-10,19H. The van der Waals surface area contributed by atoms with Crippen LogP contribution in [-0.4, -0.2) is 4.98 Å². The first-order valence-corrected chi connectivity index (χ1v) is 6.69. The molecule has 0 aliphatic heterocycles. The summed E-state index contributed by atoms with van der Waals surface area (Å²) in [5.74, 6) is 0. The van der Waals surface area contributed by atoms with Gasteiger partial charge in [0.15, 0.2) is 0 Å². The van der Waals surface area contributed by atoms with E-state index in [4.69, 9.17) is 23.2 Å². The lowest BCUT2D eigenvalue weighted by molar-refractivity contribution is 1.40. The summed E-state index contributed by atoms with van der Waals surface area (Å²) in [6.07, 6.45) is 1.94. The molecule has 3 aromatic rings. The van der Waals surface area contributed by atoms with E-state index in [-0.39, 0.29) is 0 Å². The fourth-order valence-electron chi connectivity index (χ4n) is 2.09. The maximum Gasteiger partial charge on any atom is 0.0533 e. The topological polar surface area (TPSA) is 15.8 Å². The summed E-state index contributed by atoms with van der Waals surface area (Å²) in [4.78, 5) is 3.28. The first-order valence-electron chi connectivity index (χ1n) is 5.93. The van der Waals surface area contributed by atoms with E-state index in [2.05, 4.69) is 11.1 Å². The van der Waals surface area contributed by atoms with E-state index in [9.17, 15) is 0 Å². The highest BCUT2D eigenvalue weighted by Gasteiger charge is 2.08. The lowest BCUT2D eigenvalue weighted by Gasteiger charge is -2.05. The average molecular weight is 288 g/mol. The molecular weight excluding hydrogens is 277 g/mol. The second-order valence-corrected chi connectivity index (χ2v) is 5.15. The van der Waals surface area contributed by atoms with Gasteiger partial charge in [0.1, 0.15) is 0 Å². The maximum atomic E-state index is 5.92. The van der Waals surface area contributed by atoms with Gasteiger partial charge in [0.2, 0.25) is 0 Å². The van der Waals surface area contributed by atoms with Crippen molar-refractivity contribution in [1.29, 1.82) is 0 Å². The van der Waals surface area contributed by atoms with Crippen LogP contribution in [0, 0.1) is 0 Å². The van der Waals surface area contributed by atoms with E-state index in [1.165, 1.54) is 0 Å². The van der Waals surface area contributed by atoms with E-state index >= 15 is 0 Å². The van der Waals surface area contributed by atoms with Crippen molar-refractivity contribution in [2.75, 3.05) is 0 Å². The van der Waals surface area contributed by atoms with Gasteiger partial charge >= 0.3 is 0 Å². The Hall–Kier alpha value is -1.70. The zero-order valence-electron chi connectivity index (χ0n) is 10.0. The highest BCUT2D eigenvalue weighted by molar-refractivity contribution is 6.31. The van der Waals surface area contributed by atoms with Crippen molar-refractivity contribution < 1.29 is 0 Å². The summed E-state index contributed by atoms with van der Waals surface area (Å²) in [6.45, 7) is 0. The van der Waals surface area contributed by atoms with Gasteiger partial charge in [-0.2, -0.15) is 0 Å². The number of H-pyrrole nitrogens is 1. The van der Waals surface area contributed by atoms with Crippen LogP contribution in [-0.2, 0) is 0 Å². The molecule has 0 unspecified atom stereocenters. The Morgan fingerprint density at radius 2 is 1.16 bits per heavy atom. The third kappa shape index (κ3) is 2.53. The molecule has 1 heterocycles. The fraction of sp³-hybridized carbons (Fsp3) is 0. The summed E-state index contributed by atoms with van der Waals surface area (Å²) in [5, 5.41) is 1.48. The Bertz CT molecular complexity index is 622. The van der Waals surface area contributed by atoms with Gasteiger partial charge in [-0.1, -0.05) is 47.5 Å². The van der Waals surface area contributed by atoms with E-state index in [1.807, 2.05) is 54.7 Å². The molecular formula is C16H11Cl2N. The maximum absolute atomic E-state index is 5.92. The zero-order valence-corrected chi connectivity index (χ0v) is 11.5. The molecule has 0 spiro atoms. The Morgan fingerprint density at radius 1 is 0.632 bits per heavy atom. The van der Waals surface area contributed by atoms with Crippen molar-refractivity contribution in [3.05, 3.63) is 70.8 Å². The minimum Gasteiger partial charge on any atom is -0.361 e. The van der Waals surface area contributed by atoms with E-state index in [0.29, 0.717) is 0 Å². The Balaban J connectivity index is 2.07. The summed E-state index contributed by atoms with van der Waals surface area (Å²) < 4.78 is 0. The first-order chi connectivity index (χ1) is 9.24. The van der Waals surface area contributed by atoms with Gasteiger partial charge in [-0.15, -0.1) is 0 Å². The molecule has 0 fully saturated rings. The molecule has 1 nitrogen and oxygen atoms in total. The minimum absolute atomic E-state index is 0.739. The van der Waals surface area contributed by atoms with Crippen molar-refractivity contribution in [2.24, 2.45) is 0 Å². The molecule has 0 saturated carbocycles. The van der Waals surface area contributed by atoms with Crippen LogP contribution in [0.4, 0.5) is 0 Å². The smallest absolute Gasteiger partial charge is 0.0533 e. The van der Waals surface area contributed by atoms with Crippen LogP contribution in [0.3, 0.4) is 0 Å². The number of rotatable bonds is 2. The molecule has 1 N–H and O–H groups in total. The highest BCUT2D eigenvalue weighted by atomic mass is 35.5. The third-order valence-electron chi connectivity index (χ3n) is 3.04. The quantitative estimate of drug-likeness (QED) is 0.626. The molecule has 0 aliphatic rings. The average Bonchev–Trinajstić information content (AvgIpc) is 2.90. The molecule has 0 atom stereocenters. The van der Waals surface area contributed by atoms with Gasteiger partial charge in [0.05, 0.1) is 5.69 Å². The molecule has 2 aromatic carbocycles. The normalized spacial score (nSPS) is 10.6.